The van der Waals surface area contributed by atoms with Gasteiger partial charge in [0, 0.05) is 36.8 Å². The number of rotatable bonds is 7. The summed E-state index contributed by atoms with van der Waals surface area (Å²) in [5, 5.41) is 14.1. The smallest absolute Gasteiger partial charge is 0.324 e. The molecule has 4 rings (SSSR count). The SMILES string of the molecule is COc1c(Nc2cc(C)[nH]n2)nc(Oc2ccc(S(C)(=O)=O)cc2F)nc1-c1cnn(C)c1. The monoisotopic (exact) mass is 473 g/mol. The summed E-state index contributed by atoms with van der Waals surface area (Å²) in [4.78, 5) is 8.52. The number of nitrogens with one attached hydrogen (secondary N) is 2. The molecule has 11 nitrogen and oxygen atoms in total. The van der Waals surface area contributed by atoms with Gasteiger partial charge in [0.1, 0.15) is 5.69 Å². The number of aromatic nitrogens is 6. The normalized spacial score (nSPS) is 11.4. The molecule has 1 aromatic carbocycles. The van der Waals surface area contributed by atoms with E-state index in [0.29, 0.717) is 22.8 Å². The largest absolute Gasteiger partial charge is 0.491 e. The molecule has 0 saturated heterocycles. The Morgan fingerprint density at radius 1 is 1.21 bits per heavy atom. The fraction of sp³-hybridized carbons (Fsp3) is 0.200. The Morgan fingerprint density at radius 3 is 2.58 bits per heavy atom. The van der Waals surface area contributed by atoms with E-state index in [-0.39, 0.29) is 22.5 Å². The van der Waals surface area contributed by atoms with Gasteiger partial charge in [-0.25, -0.2) is 12.8 Å². The molecule has 0 aliphatic rings. The third-order valence-corrected chi connectivity index (χ3v) is 5.62. The highest BCUT2D eigenvalue weighted by atomic mass is 32.2. The van der Waals surface area contributed by atoms with Gasteiger partial charge in [-0.2, -0.15) is 20.2 Å². The van der Waals surface area contributed by atoms with Crippen molar-refractivity contribution in [3.63, 3.8) is 0 Å². The predicted octanol–water partition coefficient (Wildman–Crippen LogP) is 3.00. The number of nitrogens with zero attached hydrogens (tertiary/aromatic N) is 5. The van der Waals surface area contributed by atoms with Gasteiger partial charge < -0.3 is 14.8 Å². The molecule has 0 fully saturated rings. The number of anilines is 2. The van der Waals surface area contributed by atoms with E-state index in [1.807, 2.05) is 6.92 Å². The van der Waals surface area contributed by atoms with Gasteiger partial charge in [0.05, 0.1) is 18.2 Å². The summed E-state index contributed by atoms with van der Waals surface area (Å²) in [5.74, 6) is -0.134. The van der Waals surface area contributed by atoms with Crippen LogP contribution in [0.4, 0.5) is 16.0 Å². The summed E-state index contributed by atoms with van der Waals surface area (Å²) in [5.41, 5.74) is 1.77. The first-order valence-corrected chi connectivity index (χ1v) is 11.4. The lowest BCUT2D eigenvalue weighted by Gasteiger charge is -2.14. The molecule has 0 spiro atoms. The number of methoxy groups -OCH3 is 1. The Bertz CT molecular complexity index is 1430. The van der Waals surface area contributed by atoms with Gasteiger partial charge in [0.2, 0.25) is 0 Å². The first kappa shape index (κ1) is 22.2. The van der Waals surface area contributed by atoms with Crippen LogP contribution in [-0.4, -0.2) is 51.7 Å². The summed E-state index contributed by atoms with van der Waals surface area (Å²) in [6, 6.07) is 4.88. The van der Waals surface area contributed by atoms with E-state index >= 15 is 0 Å². The van der Waals surface area contributed by atoms with Crippen LogP contribution in [0.3, 0.4) is 0 Å². The van der Waals surface area contributed by atoms with E-state index in [4.69, 9.17) is 9.47 Å². The summed E-state index contributed by atoms with van der Waals surface area (Å²) in [7, 11) is -0.365. The third kappa shape index (κ3) is 4.77. The van der Waals surface area contributed by atoms with Crippen LogP contribution in [0.25, 0.3) is 11.3 Å². The highest BCUT2D eigenvalue weighted by molar-refractivity contribution is 7.90. The van der Waals surface area contributed by atoms with Gasteiger partial charge in [0.25, 0.3) is 0 Å². The molecule has 13 heteroatoms. The minimum absolute atomic E-state index is 0.171. The zero-order valence-corrected chi connectivity index (χ0v) is 18.9. The van der Waals surface area contributed by atoms with Crippen LogP contribution in [0.2, 0.25) is 0 Å². The Kier molecular flexibility index (Phi) is 5.72. The average Bonchev–Trinajstić information content (AvgIpc) is 3.36. The second-order valence-electron chi connectivity index (χ2n) is 7.17. The number of benzene rings is 1. The number of halogens is 1. The molecule has 3 aromatic heterocycles. The van der Waals surface area contributed by atoms with Gasteiger partial charge in [-0.05, 0) is 25.1 Å². The van der Waals surface area contributed by atoms with Gasteiger partial charge in [-0.3, -0.25) is 9.78 Å². The number of H-pyrrole nitrogens is 1. The van der Waals surface area contributed by atoms with Crippen molar-refractivity contribution in [2.24, 2.45) is 7.05 Å². The van der Waals surface area contributed by atoms with Crippen LogP contribution in [-0.2, 0) is 16.9 Å². The van der Waals surface area contributed by atoms with Crippen molar-refractivity contribution in [3.8, 4) is 28.8 Å². The molecule has 3 heterocycles. The van der Waals surface area contributed by atoms with Gasteiger partial charge in [-0.1, -0.05) is 0 Å². The van der Waals surface area contributed by atoms with E-state index in [0.717, 1.165) is 18.0 Å². The van der Waals surface area contributed by atoms with Crippen LogP contribution < -0.4 is 14.8 Å². The molecule has 0 radical (unpaired) electrons. The molecule has 0 saturated carbocycles. The minimum Gasteiger partial charge on any atom is -0.491 e. The zero-order chi connectivity index (χ0) is 23.8. The molecule has 0 bridgehead atoms. The third-order valence-electron chi connectivity index (χ3n) is 4.51. The molecule has 0 unspecified atom stereocenters. The number of hydrogen-bond donors (Lipinski definition) is 2. The summed E-state index contributed by atoms with van der Waals surface area (Å²) < 4.78 is 50.6. The molecule has 0 atom stereocenters. The standard InChI is InChI=1S/C20H20FN7O4S/c1-11-7-16(27-26-11)23-19-18(31-3)17(12-9-22-28(2)10-12)24-20(25-19)32-15-6-5-13(8-14(15)21)33(4,29)30/h5-10H,1-4H3,(H2,23,24,25,26,27). The fourth-order valence-electron chi connectivity index (χ4n) is 2.99. The van der Waals surface area contributed by atoms with Crippen molar-refractivity contribution < 1.29 is 22.3 Å². The van der Waals surface area contributed by atoms with Crippen molar-refractivity contribution >= 4 is 21.5 Å². The lowest BCUT2D eigenvalue weighted by Crippen LogP contribution is -2.05. The Labute approximate surface area is 188 Å². The zero-order valence-electron chi connectivity index (χ0n) is 18.1. The van der Waals surface area contributed by atoms with Crippen LogP contribution >= 0.6 is 0 Å². The van der Waals surface area contributed by atoms with Gasteiger partial charge >= 0.3 is 6.01 Å². The Balaban J connectivity index is 1.80. The van der Waals surface area contributed by atoms with Gasteiger partial charge in [-0.15, -0.1) is 0 Å². The van der Waals surface area contributed by atoms with Crippen molar-refractivity contribution in [2.75, 3.05) is 18.7 Å². The van der Waals surface area contributed by atoms with E-state index in [2.05, 4.69) is 30.6 Å². The average molecular weight is 473 g/mol. The van der Waals surface area contributed by atoms with Gasteiger partial charge in [0.15, 0.2) is 38.8 Å². The lowest BCUT2D eigenvalue weighted by molar-refractivity contribution is 0.395. The van der Waals surface area contributed by atoms with Crippen molar-refractivity contribution in [1.29, 1.82) is 0 Å². The minimum atomic E-state index is -3.58. The maximum absolute atomic E-state index is 14.6. The summed E-state index contributed by atoms with van der Waals surface area (Å²) in [6.45, 7) is 1.84. The Morgan fingerprint density at radius 2 is 2.00 bits per heavy atom. The van der Waals surface area contributed by atoms with Crippen molar-refractivity contribution in [3.05, 3.63) is 48.2 Å². The van der Waals surface area contributed by atoms with Crippen LogP contribution in [0, 0.1) is 12.7 Å². The topological polar surface area (TPSA) is 137 Å². The summed E-state index contributed by atoms with van der Waals surface area (Å²) >= 11 is 0. The van der Waals surface area contributed by atoms with Crippen molar-refractivity contribution in [2.45, 2.75) is 11.8 Å². The van der Waals surface area contributed by atoms with Crippen LogP contribution in [0.15, 0.2) is 41.6 Å². The lowest BCUT2D eigenvalue weighted by atomic mass is 10.2. The van der Waals surface area contributed by atoms with Crippen LogP contribution in [0.5, 0.6) is 17.5 Å². The fourth-order valence-corrected chi connectivity index (χ4v) is 3.62. The van der Waals surface area contributed by atoms with Crippen molar-refractivity contribution in [1.82, 2.24) is 29.9 Å². The first-order valence-electron chi connectivity index (χ1n) is 9.55. The molecule has 0 amide bonds. The van der Waals surface area contributed by atoms with Crippen LogP contribution in [0.1, 0.15) is 5.69 Å². The molecule has 33 heavy (non-hydrogen) atoms. The molecule has 4 aromatic rings. The number of hydrogen-bond acceptors (Lipinski definition) is 9. The van der Waals surface area contributed by atoms with E-state index in [1.165, 1.54) is 19.2 Å². The number of aryl methyl sites for hydroxylation is 2. The Hall–Kier alpha value is -4.00. The maximum atomic E-state index is 14.6. The molecule has 0 aliphatic carbocycles. The van der Waals surface area contributed by atoms with E-state index < -0.39 is 15.7 Å². The predicted molar refractivity (Wildman–Crippen MR) is 117 cm³/mol. The molecule has 2 N–H and O–H groups in total. The summed E-state index contributed by atoms with van der Waals surface area (Å²) in [6.07, 6.45) is 4.29. The number of ether oxygens (including phenoxy) is 2. The van der Waals surface area contributed by atoms with E-state index in [9.17, 15) is 12.8 Å². The second kappa shape index (κ2) is 8.50. The second-order valence-corrected chi connectivity index (χ2v) is 9.18. The highest BCUT2D eigenvalue weighted by Crippen LogP contribution is 2.37. The molecular weight excluding hydrogens is 453 g/mol. The molecular formula is C20H20FN7O4S. The number of sulfone groups is 1. The van der Waals surface area contributed by atoms with E-state index in [1.54, 1.807) is 30.2 Å². The maximum Gasteiger partial charge on any atom is 0.324 e. The highest BCUT2D eigenvalue weighted by Gasteiger charge is 2.21. The number of aromatic amines is 1. The first-order chi connectivity index (χ1) is 15.6. The quantitative estimate of drug-likeness (QED) is 0.415. The molecule has 172 valence electrons. The molecule has 0 aliphatic heterocycles.